The van der Waals surface area contributed by atoms with E-state index in [1.807, 2.05) is 12.1 Å². The second-order valence-electron chi connectivity index (χ2n) is 5.78. The van der Waals surface area contributed by atoms with Crippen LogP contribution < -0.4 is 4.90 Å². The van der Waals surface area contributed by atoms with Gasteiger partial charge in [0, 0.05) is 0 Å². The quantitative estimate of drug-likeness (QED) is 0.473. The Morgan fingerprint density at radius 1 is 0.905 bits per heavy atom. The van der Waals surface area contributed by atoms with Crippen LogP contribution in [0.4, 0.5) is 11.4 Å². The number of anilines is 2. The number of benzene rings is 2. The van der Waals surface area contributed by atoms with E-state index < -0.39 is 0 Å². The number of aliphatic imine (C=N–C) groups is 1. The zero-order chi connectivity index (χ0) is 15.3. The average Bonchev–Trinajstić information content (AvgIpc) is 2.47. The van der Waals surface area contributed by atoms with Crippen LogP contribution in [0.1, 0.15) is 20.8 Å². The molecule has 2 aromatic rings. The molecule has 0 aliphatic heterocycles. The van der Waals surface area contributed by atoms with Crippen LogP contribution in [0.2, 0.25) is 0 Å². The van der Waals surface area contributed by atoms with Crippen molar-refractivity contribution in [1.29, 1.82) is 0 Å². The van der Waals surface area contributed by atoms with Gasteiger partial charge in [-0.25, -0.2) is 0 Å². The van der Waals surface area contributed by atoms with Crippen molar-refractivity contribution in [3.05, 3.63) is 60.7 Å². The fourth-order valence-electron chi connectivity index (χ4n) is 2.00. The van der Waals surface area contributed by atoms with Crippen LogP contribution in [0.25, 0.3) is 0 Å². The molecule has 21 heavy (non-hydrogen) atoms. The summed E-state index contributed by atoms with van der Waals surface area (Å²) in [5.41, 5.74) is 2.25. The van der Waals surface area contributed by atoms with Crippen molar-refractivity contribution in [2.24, 2.45) is 4.99 Å². The maximum atomic E-state index is 4.95. The summed E-state index contributed by atoms with van der Waals surface area (Å²) >= 11 is 2.52. The van der Waals surface area contributed by atoms with E-state index >= 15 is 0 Å². The molecule has 0 bridgehead atoms. The first kappa shape index (κ1) is 16.4. The molecule has 2 aromatic carbocycles. The van der Waals surface area contributed by atoms with Gasteiger partial charge in [-0.2, -0.15) is 0 Å². The molecule has 2 nitrogen and oxygen atoms in total. The van der Waals surface area contributed by atoms with Gasteiger partial charge >= 0.3 is 142 Å². The third-order valence-electron chi connectivity index (χ3n) is 2.83. The molecule has 2 rings (SSSR count). The Hall–Kier alpha value is -0.973. The zero-order valence-corrected chi connectivity index (χ0v) is 14.8. The fourth-order valence-corrected chi connectivity index (χ4v) is 3.59. The second-order valence-corrected chi connectivity index (χ2v) is 7.40. The predicted octanol–water partition coefficient (Wildman–Crippen LogP) is 3.77. The summed E-state index contributed by atoms with van der Waals surface area (Å²) in [6.07, 6.45) is 0. The number of hydrogen-bond donors (Lipinski definition) is 0. The van der Waals surface area contributed by atoms with Crippen molar-refractivity contribution >= 4 is 44.7 Å². The van der Waals surface area contributed by atoms with Gasteiger partial charge in [-0.1, -0.05) is 0 Å². The van der Waals surface area contributed by atoms with Crippen LogP contribution in [0.3, 0.4) is 0 Å². The maximum absolute atomic E-state index is 4.95. The van der Waals surface area contributed by atoms with E-state index in [9.17, 15) is 0 Å². The topological polar surface area (TPSA) is 15.6 Å². The van der Waals surface area contributed by atoms with Gasteiger partial charge < -0.3 is 0 Å². The van der Waals surface area contributed by atoms with Gasteiger partial charge in [-0.15, -0.1) is 0 Å². The summed E-state index contributed by atoms with van der Waals surface area (Å²) in [6.45, 7) is 6.44. The molecule has 0 unspecified atom stereocenters. The average molecular weight is 337 g/mol. The number of amidine groups is 1. The second kappa shape index (κ2) is 7.34. The number of para-hydroxylation sites is 2. The first-order chi connectivity index (χ1) is 10.0. The van der Waals surface area contributed by atoms with Gasteiger partial charge in [0.2, 0.25) is 0 Å². The van der Waals surface area contributed by atoms with Crippen LogP contribution in [0.5, 0.6) is 0 Å². The summed E-state index contributed by atoms with van der Waals surface area (Å²) in [5, 5.41) is 0. The molecule has 104 valence electrons. The van der Waals surface area contributed by atoms with E-state index in [-0.39, 0.29) is 5.54 Å². The summed E-state index contributed by atoms with van der Waals surface area (Å²) in [7, 11) is 0. The third-order valence-corrected chi connectivity index (χ3v) is 4.17. The monoisotopic (exact) mass is 338 g/mol. The normalized spacial score (nSPS) is 12.3. The van der Waals surface area contributed by atoms with Gasteiger partial charge in [0.15, 0.2) is 0 Å². The van der Waals surface area contributed by atoms with Gasteiger partial charge in [-0.3, -0.25) is 0 Å². The Bertz CT molecular complexity index is 552. The van der Waals surface area contributed by atoms with E-state index in [0.717, 1.165) is 16.1 Å². The Balaban J connectivity index is 2.54. The van der Waals surface area contributed by atoms with Gasteiger partial charge in [0.25, 0.3) is 0 Å². The van der Waals surface area contributed by atoms with Crippen LogP contribution >= 0.6 is 0 Å². The van der Waals surface area contributed by atoms with Crippen molar-refractivity contribution in [3.8, 4) is 0 Å². The van der Waals surface area contributed by atoms with Crippen molar-refractivity contribution in [1.82, 2.24) is 0 Å². The summed E-state index contributed by atoms with van der Waals surface area (Å²) in [5.74, 6) is 0. The van der Waals surface area contributed by atoms with Gasteiger partial charge in [0.1, 0.15) is 0 Å². The van der Waals surface area contributed by atoms with Crippen molar-refractivity contribution in [2.75, 3.05) is 4.90 Å². The van der Waals surface area contributed by atoms with Crippen molar-refractivity contribution in [3.63, 3.8) is 0 Å². The molecule has 0 saturated carbocycles. The van der Waals surface area contributed by atoms with Crippen molar-refractivity contribution < 1.29 is 0 Å². The summed E-state index contributed by atoms with van der Waals surface area (Å²) < 4.78 is 1.15. The molecule has 0 atom stereocenters. The molecule has 0 aromatic heterocycles. The minimum atomic E-state index is -0.0745. The van der Waals surface area contributed by atoms with E-state index in [4.69, 9.17) is 4.99 Å². The SMILES string of the molecule is [Li][Se]C(=NC(C)(C)C)N(c1ccccc1)c1ccccc1. The van der Waals surface area contributed by atoms with Crippen LogP contribution in [-0.2, 0) is 0 Å². The summed E-state index contributed by atoms with van der Waals surface area (Å²) in [6, 6.07) is 20.9. The number of nitrogens with zero attached hydrogens (tertiary/aromatic N) is 2. The van der Waals surface area contributed by atoms with Crippen LogP contribution in [-0.4, -0.2) is 38.8 Å². The zero-order valence-electron chi connectivity index (χ0n) is 13.1. The molecule has 0 amide bonds. The van der Waals surface area contributed by atoms with Gasteiger partial charge in [-0.05, 0) is 0 Å². The number of hydrogen-bond acceptors (Lipinski definition) is 1. The molecule has 0 radical (unpaired) electrons. The van der Waals surface area contributed by atoms with Crippen LogP contribution in [0, 0.1) is 0 Å². The van der Waals surface area contributed by atoms with E-state index in [1.54, 1.807) is 0 Å². The Morgan fingerprint density at radius 3 is 1.67 bits per heavy atom. The minimum absolute atomic E-state index is 0.0745. The molecule has 0 N–H and O–H groups in total. The molecule has 0 fully saturated rings. The van der Waals surface area contributed by atoms with E-state index in [1.165, 1.54) is 0 Å². The fraction of sp³-hybridized carbons (Fsp3) is 0.235. The Kier molecular flexibility index (Phi) is 5.73. The predicted molar refractivity (Wildman–Crippen MR) is 93.7 cm³/mol. The van der Waals surface area contributed by atoms with Gasteiger partial charge in [0.05, 0.1) is 0 Å². The standard InChI is InChI=1S/C17H20N2Se.Li/c1-17(2,3)18-16(20)19(14-10-6-4-7-11-14)15-12-8-5-9-13-15;/h4-13H,1-3H3,(H,18,20);/q;+1/p-1. The molecular weight excluding hydrogens is 318 g/mol. The van der Waals surface area contributed by atoms with E-state index in [0.29, 0.717) is 12.8 Å². The molecule has 0 saturated heterocycles. The Morgan fingerprint density at radius 2 is 1.33 bits per heavy atom. The van der Waals surface area contributed by atoms with Crippen LogP contribution in [0.15, 0.2) is 65.7 Å². The first-order valence-corrected chi connectivity index (χ1v) is 9.62. The molecule has 4 heteroatoms. The molecule has 0 aliphatic carbocycles. The van der Waals surface area contributed by atoms with Crippen molar-refractivity contribution in [2.45, 2.75) is 26.3 Å². The van der Waals surface area contributed by atoms with E-state index in [2.05, 4.69) is 90.0 Å². The first-order valence-electron chi connectivity index (χ1n) is 7.05. The Labute approximate surface area is 141 Å². The molecule has 0 aliphatic rings. The molecule has 0 spiro atoms. The number of rotatable bonds is 3. The third kappa shape index (κ3) is 4.76. The summed E-state index contributed by atoms with van der Waals surface area (Å²) in [4.78, 5) is 7.22. The molecule has 0 heterocycles. The molecular formula is C17H19LiN2Se.